The van der Waals surface area contributed by atoms with Crippen LogP contribution >= 0.6 is 11.6 Å². The van der Waals surface area contributed by atoms with Gasteiger partial charge in [0, 0.05) is 42.2 Å². The summed E-state index contributed by atoms with van der Waals surface area (Å²) in [5.41, 5.74) is 0.133. The highest BCUT2D eigenvalue weighted by Crippen LogP contribution is 2.32. The first-order valence-corrected chi connectivity index (χ1v) is 11.0. The summed E-state index contributed by atoms with van der Waals surface area (Å²) in [5.74, 6) is 0.781. The second-order valence-corrected chi connectivity index (χ2v) is 8.51. The molecule has 4 rings (SSSR count). The second-order valence-electron chi connectivity index (χ2n) is 8.16. The van der Waals surface area contributed by atoms with Gasteiger partial charge in [-0.25, -0.2) is 14.8 Å². The Balaban J connectivity index is 1.52. The number of amides is 2. The number of nitrogens with one attached hydrogen (secondary N) is 2. The van der Waals surface area contributed by atoms with Crippen molar-refractivity contribution < 1.29 is 18.0 Å². The molecule has 3 heterocycles. The third kappa shape index (κ3) is 5.30. The molecule has 6 nitrogen and oxygen atoms in total. The molecule has 1 aliphatic rings. The van der Waals surface area contributed by atoms with E-state index in [0.29, 0.717) is 40.8 Å². The highest BCUT2D eigenvalue weighted by molar-refractivity contribution is 6.34. The number of hydrogen-bond donors (Lipinski definition) is 2. The molecular weight excluding hydrogens is 455 g/mol. The lowest BCUT2D eigenvalue weighted by atomic mass is 9.99. The Morgan fingerprint density at radius 1 is 1.15 bits per heavy atom. The van der Waals surface area contributed by atoms with Crippen molar-refractivity contribution in [3.8, 4) is 0 Å². The fraction of sp³-hybridized carbons (Fsp3) is 0.348. The average Bonchev–Trinajstić information content (AvgIpc) is 2.78. The molecular formula is C23H23ClF3N5O. The summed E-state index contributed by atoms with van der Waals surface area (Å²) in [6.45, 7) is 3.41. The van der Waals surface area contributed by atoms with Gasteiger partial charge in [0.15, 0.2) is 0 Å². The molecule has 1 aromatic carbocycles. The van der Waals surface area contributed by atoms with Gasteiger partial charge in [-0.05, 0) is 37.0 Å². The van der Waals surface area contributed by atoms with Gasteiger partial charge in [0.05, 0.1) is 5.69 Å². The van der Waals surface area contributed by atoms with Crippen molar-refractivity contribution in [2.24, 2.45) is 5.92 Å². The molecule has 33 heavy (non-hydrogen) atoms. The molecule has 1 fully saturated rings. The summed E-state index contributed by atoms with van der Waals surface area (Å²) < 4.78 is 39.8. The van der Waals surface area contributed by atoms with E-state index >= 15 is 0 Å². The van der Waals surface area contributed by atoms with E-state index in [4.69, 9.17) is 11.6 Å². The minimum Gasteiger partial charge on any atom is -0.356 e. The number of halogens is 4. The maximum atomic E-state index is 13.3. The summed E-state index contributed by atoms with van der Waals surface area (Å²) in [6, 6.07) is 8.87. The zero-order valence-electron chi connectivity index (χ0n) is 17.9. The quantitative estimate of drug-likeness (QED) is 0.462. The van der Waals surface area contributed by atoms with Crippen molar-refractivity contribution in [2.45, 2.75) is 32.5 Å². The van der Waals surface area contributed by atoms with Crippen LogP contribution in [0, 0.1) is 5.92 Å². The molecule has 174 valence electrons. The molecule has 0 radical (unpaired) electrons. The Morgan fingerprint density at radius 3 is 2.64 bits per heavy atom. The van der Waals surface area contributed by atoms with Crippen molar-refractivity contribution in [1.29, 1.82) is 0 Å². The van der Waals surface area contributed by atoms with Crippen molar-refractivity contribution in [1.82, 2.24) is 15.3 Å². The lowest BCUT2D eigenvalue weighted by molar-refractivity contribution is -0.141. The second kappa shape index (κ2) is 9.43. The van der Waals surface area contributed by atoms with Crippen LogP contribution < -0.4 is 15.5 Å². The van der Waals surface area contributed by atoms with E-state index in [0.717, 1.165) is 24.3 Å². The number of fused-ring (bicyclic) bond motifs is 1. The largest absolute Gasteiger partial charge is 0.433 e. The summed E-state index contributed by atoms with van der Waals surface area (Å²) in [6.07, 6.45) is -1.23. The van der Waals surface area contributed by atoms with E-state index in [2.05, 4.69) is 27.5 Å². The first kappa shape index (κ1) is 23.1. The summed E-state index contributed by atoms with van der Waals surface area (Å²) in [7, 11) is 0. The maximum Gasteiger partial charge on any atom is 0.433 e. The van der Waals surface area contributed by atoms with Gasteiger partial charge in [0.25, 0.3) is 0 Å². The maximum absolute atomic E-state index is 13.3. The molecule has 2 aromatic heterocycles. The monoisotopic (exact) mass is 477 g/mol. The van der Waals surface area contributed by atoms with Crippen LogP contribution in [0.15, 0.2) is 42.6 Å². The van der Waals surface area contributed by atoms with Crippen molar-refractivity contribution >= 4 is 39.9 Å². The normalized spacial score (nSPS) is 15.0. The molecule has 1 saturated heterocycles. The van der Waals surface area contributed by atoms with Crippen molar-refractivity contribution in [3.63, 3.8) is 0 Å². The number of alkyl halides is 3. The highest BCUT2D eigenvalue weighted by atomic mass is 35.5. The number of nitrogens with zero attached hydrogens (tertiary/aromatic N) is 3. The molecule has 10 heteroatoms. The van der Waals surface area contributed by atoms with Crippen LogP contribution in [-0.4, -0.2) is 29.1 Å². The predicted molar refractivity (Wildman–Crippen MR) is 122 cm³/mol. The number of carbonyl (C=O) groups excluding carboxylic acids is 1. The molecule has 0 atom stereocenters. The SMILES string of the molecule is CC1CCN(c2nc(C(F)(F)F)ccc2CNC(=O)Nc2cccc3c(Cl)nccc23)CC1. The van der Waals surface area contributed by atoms with Crippen LogP contribution in [0.5, 0.6) is 0 Å². The summed E-state index contributed by atoms with van der Waals surface area (Å²) in [5, 5.41) is 7.25. The Kier molecular flexibility index (Phi) is 6.60. The summed E-state index contributed by atoms with van der Waals surface area (Å²) in [4.78, 5) is 22.4. The molecule has 1 aliphatic heterocycles. The van der Waals surface area contributed by atoms with Crippen molar-refractivity contribution in [3.05, 3.63) is 59.0 Å². The minimum atomic E-state index is -4.54. The van der Waals surface area contributed by atoms with Crippen LogP contribution in [0.3, 0.4) is 0 Å². The highest BCUT2D eigenvalue weighted by Gasteiger charge is 2.34. The lowest BCUT2D eigenvalue weighted by Gasteiger charge is -2.33. The zero-order valence-corrected chi connectivity index (χ0v) is 18.7. The molecule has 3 aromatic rings. The summed E-state index contributed by atoms with van der Waals surface area (Å²) >= 11 is 6.12. The lowest BCUT2D eigenvalue weighted by Crippen LogP contribution is -2.35. The van der Waals surface area contributed by atoms with E-state index in [1.807, 2.05) is 4.90 Å². The third-order valence-electron chi connectivity index (χ3n) is 5.77. The smallest absolute Gasteiger partial charge is 0.356 e. The predicted octanol–water partition coefficient (Wildman–Crippen LogP) is 5.86. The van der Waals surface area contributed by atoms with Gasteiger partial charge >= 0.3 is 12.2 Å². The Bertz CT molecular complexity index is 1160. The molecule has 0 saturated carbocycles. The first-order valence-electron chi connectivity index (χ1n) is 10.6. The third-order valence-corrected chi connectivity index (χ3v) is 6.08. The molecule has 2 N–H and O–H groups in total. The number of piperidine rings is 1. The molecule has 0 spiro atoms. The van der Waals surface area contributed by atoms with Crippen LogP contribution in [0.1, 0.15) is 31.0 Å². The van der Waals surface area contributed by atoms with Gasteiger partial charge in [0.2, 0.25) is 0 Å². The van der Waals surface area contributed by atoms with E-state index in [1.165, 1.54) is 6.07 Å². The number of carbonyl (C=O) groups is 1. The number of aromatic nitrogens is 2. The Labute approximate surface area is 194 Å². The van der Waals surface area contributed by atoms with Crippen LogP contribution in [0.25, 0.3) is 10.8 Å². The number of hydrogen-bond acceptors (Lipinski definition) is 4. The zero-order chi connectivity index (χ0) is 23.6. The van der Waals surface area contributed by atoms with Gasteiger partial charge in [-0.3, -0.25) is 0 Å². The van der Waals surface area contributed by atoms with Crippen LogP contribution in [0.4, 0.5) is 29.5 Å². The number of pyridine rings is 2. The number of rotatable bonds is 4. The number of benzene rings is 1. The first-order chi connectivity index (χ1) is 15.7. The average molecular weight is 478 g/mol. The van der Waals surface area contributed by atoms with Crippen LogP contribution in [0.2, 0.25) is 5.15 Å². The molecule has 0 aliphatic carbocycles. The Morgan fingerprint density at radius 2 is 1.91 bits per heavy atom. The molecule has 0 bridgehead atoms. The van der Waals surface area contributed by atoms with Gasteiger partial charge in [-0.1, -0.05) is 36.7 Å². The van der Waals surface area contributed by atoms with E-state index < -0.39 is 17.9 Å². The van der Waals surface area contributed by atoms with Gasteiger partial charge < -0.3 is 15.5 Å². The number of urea groups is 1. The van der Waals surface area contributed by atoms with E-state index in [1.54, 1.807) is 30.5 Å². The fourth-order valence-electron chi connectivity index (χ4n) is 3.89. The Hall–Kier alpha value is -3.07. The van der Waals surface area contributed by atoms with Gasteiger partial charge in [0.1, 0.15) is 16.7 Å². The standard InChI is InChI=1S/C23H23ClF3N5O/c1-14-8-11-32(12-9-14)21-15(5-6-19(31-21)23(25,26)27)13-29-22(33)30-18-4-2-3-17-16(18)7-10-28-20(17)24/h2-7,10,14H,8-9,11-13H2,1H3,(H2,29,30,33). The van der Waals surface area contributed by atoms with Gasteiger partial charge in [-0.2, -0.15) is 13.2 Å². The topological polar surface area (TPSA) is 70.2 Å². The minimum absolute atomic E-state index is 0.0332. The molecule has 0 unspecified atom stereocenters. The van der Waals surface area contributed by atoms with Crippen molar-refractivity contribution in [2.75, 3.05) is 23.3 Å². The fourth-order valence-corrected chi connectivity index (χ4v) is 4.11. The van der Waals surface area contributed by atoms with Gasteiger partial charge in [-0.15, -0.1) is 0 Å². The van der Waals surface area contributed by atoms with Crippen LogP contribution in [-0.2, 0) is 12.7 Å². The number of anilines is 2. The van der Waals surface area contributed by atoms with E-state index in [-0.39, 0.29) is 12.4 Å². The van der Waals surface area contributed by atoms with E-state index in [9.17, 15) is 18.0 Å². The molecule has 2 amide bonds.